The molecule has 0 atom stereocenters. The predicted molar refractivity (Wildman–Crippen MR) is 65.2 cm³/mol. The summed E-state index contributed by atoms with van der Waals surface area (Å²) in [6.07, 6.45) is 2.53. The SMILES string of the molecule is CCc1nc(-c2nccs2)nc(Cl)c1Br. The van der Waals surface area contributed by atoms with Crippen molar-refractivity contribution in [2.24, 2.45) is 0 Å². The minimum Gasteiger partial charge on any atom is -0.241 e. The standard InChI is InChI=1S/C9H7BrClN3S/c1-2-5-6(10)7(11)14-8(13-5)9-12-3-4-15-9/h3-4H,2H2,1H3. The molecule has 0 saturated heterocycles. The van der Waals surface area contributed by atoms with E-state index < -0.39 is 0 Å². The van der Waals surface area contributed by atoms with E-state index in [1.807, 2.05) is 12.3 Å². The fourth-order valence-electron chi connectivity index (χ4n) is 1.13. The molecule has 2 rings (SSSR count). The summed E-state index contributed by atoms with van der Waals surface area (Å²) in [6, 6.07) is 0. The van der Waals surface area contributed by atoms with E-state index in [0.717, 1.165) is 21.6 Å². The number of hydrogen-bond donors (Lipinski definition) is 0. The number of aromatic nitrogens is 3. The molecule has 2 heterocycles. The average Bonchev–Trinajstić information content (AvgIpc) is 2.75. The molecular formula is C9H7BrClN3S. The quantitative estimate of drug-likeness (QED) is 0.796. The lowest BCUT2D eigenvalue weighted by Gasteiger charge is -2.04. The van der Waals surface area contributed by atoms with E-state index in [1.165, 1.54) is 11.3 Å². The molecule has 0 saturated carbocycles. The van der Waals surface area contributed by atoms with Gasteiger partial charge >= 0.3 is 0 Å². The molecule has 0 aliphatic carbocycles. The van der Waals surface area contributed by atoms with E-state index in [9.17, 15) is 0 Å². The number of halogens is 2. The van der Waals surface area contributed by atoms with Gasteiger partial charge in [0.15, 0.2) is 10.8 Å². The van der Waals surface area contributed by atoms with Gasteiger partial charge in [-0.2, -0.15) is 0 Å². The second kappa shape index (κ2) is 4.55. The molecular weight excluding hydrogens is 298 g/mol. The van der Waals surface area contributed by atoms with Gasteiger partial charge < -0.3 is 0 Å². The summed E-state index contributed by atoms with van der Waals surface area (Å²) in [6.45, 7) is 2.02. The van der Waals surface area contributed by atoms with Crippen molar-refractivity contribution < 1.29 is 0 Å². The first-order valence-electron chi connectivity index (χ1n) is 4.34. The Bertz CT molecular complexity index is 472. The molecule has 0 bridgehead atoms. The van der Waals surface area contributed by atoms with Gasteiger partial charge in [0.1, 0.15) is 5.15 Å². The Morgan fingerprint density at radius 1 is 1.47 bits per heavy atom. The largest absolute Gasteiger partial charge is 0.241 e. The Morgan fingerprint density at radius 3 is 2.87 bits per heavy atom. The molecule has 2 aromatic heterocycles. The maximum absolute atomic E-state index is 5.99. The smallest absolute Gasteiger partial charge is 0.190 e. The van der Waals surface area contributed by atoms with Crippen molar-refractivity contribution in [2.45, 2.75) is 13.3 Å². The summed E-state index contributed by atoms with van der Waals surface area (Å²) in [5.41, 5.74) is 0.903. The van der Waals surface area contributed by atoms with Crippen molar-refractivity contribution in [1.82, 2.24) is 15.0 Å². The highest BCUT2D eigenvalue weighted by Crippen LogP contribution is 2.27. The van der Waals surface area contributed by atoms with Crippen molar-refractivity contribution in [3.8, 4) is 10.8 Å². The van der Waals surface area contributed by atoms with Crippen molar-refractivity contribution in [1.29, 1.82) is 0 Å². The zero-order valence-electron chi connectivity index (χ0n) is 7.87. The molecule has 6 heteroatoms. The van der Waals surface area contributed by atoms with Crippen molar-refractivity contribution >= 4 is 38.9 Å². The summed E-state index contributed by atoms with van der Waals surface area (Å²) in [5.74, 6) is 0.593. The van der Waals surface area contributed by atoms with Crippen LogP contribution in [0.15, 0.2) is 16.0 Å². The van der Waals surface area contributed by atoms with Gasteiger partial charge in [0.25, 0.3) is 0 Å². The van der Waals surface area contributed by atoms with Gasteiger partial charge in [-0.05, 0) is 22.4 Å². The summed E-state index contributed by atoms with van der Waals surface area (Å²) in [7, 11) is 0. The van der Waals surface area contributed by atoms with E-state index in [1.54, 1.807) is 6.20 Å². The fourth-order valence-corrected chi connectivity index (χ4v) is 2.34. The van der Waals surface area contributed by atoms with Gasteiger partial charge in [-0.3, -0.25) is 0 Å². The number of rotatable bonds is 2. The maximum atomic E-state index is 5.99. The second-order valence-electron chi connectivity index (χ2n) is 2.79. The molecule has 0 aliphatic rings. The summed E-state index contributed by atoms with van der Waals surface area (Å²) < 4.78 is 0.770. The Balaban J connectivity index is 2.55. The zero-order valence-corrected chi connectivity index (χ0v) is 11.0. The van der Waals surface area contributed by atoms with Crippen LogP contribution in [0, 0.1) is 0 Å². The van der Waals surface area contributed by atoms with Crippen LogP contribution >= 0.6 is 38.9 Å². The first-order valence-corrected chi connectivity index (χ1v) is 6.39. The molecule has 0 radical (unpaired) electrons. The normalized spacial score (nSPS) is 10.6. The maximum Gasteiger partial charge on any atom is 0.190 e. The molecule has 0 N–H and O–H groups in total. The molecule has 78 valence electrons. The Hall–Kier alpha value is -0.520. The number of hydrogen-bond acceptors (Lipinski definition) is 4. The van der Waals surface area contributed by atoms with Crippen LogP contribution in [0.25, 0.3) is 10.8 Å². The number of nitrogens with zero attached hydrogens (tertiary/aromatic N) is 3. The third kappa shape index (κ3) is 2.19. The van der Waals surface area contributed by atoms with Crippen LogP contribution < -0.4 is 0 Å². The molecule has 0 spiro atoms. The average molecular weight is 305 g/mol. The summed E-state index contributed by atoms with van der Waals surface area (Å²) >= 11 is 10.9. The third-order valence-electron chi connectivity index (χ3n) is 1.84. The van der Waals surface area contributed by atoms with Gasteiger partial charge in [-0.25, -0.2) is 15.0 Å². The van der Waals surface area contributed by atoms with Crippen LogP contribution in [0.2, 0.25) is 5.15 Å². The first kappa shape index (κ1) is 11.0. The van der Waals surface area contributed by atoms with Crippen LogP contribution in [0.1, 0.15) is 12.6 Å². The monoisotopic (exact) mass is 303 g/mol. The molecule has 2 aromatic rings. The molecule has 3 nitrogen and oxygen atoms in total. The Kier molecular flexibility index (Phi) is 3.33. The van der Waals surface area contributed by atoms with Crippen molar-refractivity contribution in [2.75, 3.05) is 0 Å². The van der Waals surface area contributed by atoms with Gasteiger partial charge in [0.05, 0.1) is 10.2 Å². The van der Waals surface area contributed by atoms with Crippen LogP contribution in [0.4, 0.5) is 0 Å². The molecule has 0 aliphatic heterocycles. The minimum absolute atomic E-state index is 0.437. The van der Waals surface area contributed by atoms with Crippen molar-refractivity contribution in [3.05, 3.63) is 26.9 Å². The minimum atomic E-state index is 0.437. The molecule has 0 aromatic carbocycles. The topological polar surface area (TPSA) is 38.7 Å². The predicted octanol–water partition coefficient (Wildman–Crippen LogP) is 3.58. The van der Waals surface area contributed by atoms with E-state index in [-0.39, 0.29) is 0 Å². The lowest BCUT2D eigenvalue weighted by Crippen LogP contribution is -1.96. The van der Waals surface area contributed by atoms with Crippen molar-refractivity contribution in [3.63, 3.8) is 0 Å². The molecule has 0 fully saturated rings. The van der Waals surface area contributed by atoms with E-state index in [2.05, 4.69) is 30.9 Å². The third-order valence-corrected chi connectivity index (χ3v) is 3.94. The molecule has 15 heavy (non-hydrogen) atoms. The second-order valence-corrected chi connectivity index (χ2v) is 4.84. The van der Waals surface area contributed by atoms with Gasteiger partial charge in [0.2, 0.25) is 0 Å². The fraction of sp³-hybridized carbons (Fsp3) is 0.222. The van der Waals surface area contributed by atoms with E-state index >= 15 is 0 Å². The first-order chi connectivity index (χ1) is 7.22. The van der Waals surface area contributed by atoms with Gasteiger partial charge in [-0.15, -0.1) is 11.3 Å². The highest BCUT2D eigenvalue weighted by atomic mass is 79.9. The summed E-state index contributed by atoms with van der Waals surface area (Å²) in [5, 5.41) is 3.12. The number of aryl methyl sites for hydroxylation is 1. The van der Waals surface area contributed by atoms with Crippen LogP contribution in [0.5, 0.6) is 0 Å². The Labute approximate surface area is 105 Å². The number of thiazole rings is 1. The highest BCUT2D eigenvalue weighted by molar-refractivity contribution is 9.10. The van der Waals surface area contributed by atoms with E-state index in [0.29, 0.717) is 11.0 Å². The highest BCUT2D eigenvalue weighted by Gasteiger charge is 2.11. The lowest BCUT2D eigenvalue weighted by molar-refractivity contribution is 0.988. The molecule has 0 unspecified atom stereocenters. The summed E-state index contributed by atoms with van der Waals surface area (Å²) in [4.78, 5) is 12.7. The molecule has 0 amide bonds. The van der Waals surface area contributed by atoms with Crippen LogP contribution in [0.3, 0.4) is 0 Å². The van der Waals surface area contributed by atoms with Crippen LogP contribution in [-0.2, 0) is 6.42 Å². The van der Waals surface area contributed by atoms with E-state index in [4.69, 9.17) is 11.6 Å². The van der Waals surface area contributed by atoms with Gasteiger partial charge in [-0.1, -0.05) is 18.5 Å². The lowest BCUT2D eigenvalue weighted by atomic mass is 10.3. The zero-order chi connectivity index (χ0) is 10.8. The Morgan fingerprint density at radius 2 is 2.27 bits per heavy atom. The van der Waals surface area contributed by atoms with Gasteiger partial charge in [0, 0.05) is 11.6 Å². The van der Waals surface area contributed by atoms with Crippen LogP contribution in [-0.4, -0.2) is 15.0 Å².